The second-order valence-electron chi connectivity index (χ2n) is 5.92. The first kappa shape index (κ1) is 14.7. The molecule has 1 atom stereocenters. The minimum absolute atomic E-state index is 0.0422. The Balaban J connectivity index is 1.67. The van der Waals surface area contributed by atoms with Gasteiger partial charge in [0.15, 0.2) is 0 Å². The molecule has 0 aliphatic carbocycles. The van der Waals surface area contributed by atoms with Crippen molar-refractivity contribution >= 4 is 5.91 Å². The molecule has 2 aromatic rings. The summed E-state index contributed by atoms with van der Waals surface area (Å²) in [5.41, 5.74) is 0.627. The van der Waals surface area contributed by atoms with Crippen molar-refractivity contribution in [3.05, 3.63) is 42.6 Å². The van der Waals surface area contributed by atoms with Gasteiger partial charge in [0.05, 0.1) is 0 Å². The van der Waals surface area contributed by atoms with Gasteiger partial charge < -0.3 is 5.32 Å². The van der Waals surface area contributed by atoms with Crippen LogP contribution >= 0.6 is 0 Å². The van der Waals surface area contributed by atoms with Crippen LogP contribution in [0.2, 0.25) is 0 Å². The molecule has 1 aliphatic rings. The molecular formula is C16H21N5O. The number of hydrogen-bond acceptors (Lipinski definition) is 4. The molecule has 0 spiro atoms. The van der Waals surface area contributed by atoms with Crippen LogP contribution < -0.4 is 5.32 Å². The maximum Gasteiger partial charge on any atom is 0.251 e. The Labute approximate surface area is 130 Å². The fraction of sp³-hybridized carbons (Fsp3) is 0.438. The summed E-state index contributed by atoms with van der Waals surface area (Å²) in [7, 11) is 0. The van der Waals surface area contributed by atoms with Gasteiger partial charge in [-0.05, 0) is 32.4 Å². The molecule has 1 fully saturated rings. The number of nitrogens with zero attached hydrogens (tertiary/aromatic N) is 4. The molecule has 3 rings (SSSR count). The molecule has 0 aromatic carbocycles. The van der Waals surface area contributed by atoms with Gasteiger partial charge in [-0.2, -0.15) is 0 Å². The number of rotatable bonds is 4. The summed E-state index contributed by atoms with van der Waals surface area (Å²) in [6.45, 7) is 6.33. The molecule has 116 valence electrons. The average molecular weight is 299 g/mol. The summed E-state index contributed by atoms with van der Waals surface area (Å²) in [6.07, 6.45) is 7.82. The number of amides is 1. The second kappa shape index (κ2) is 6.27. The SMILES string of the molecule is CC(C)N1CC[C@H](NC(=O)c2ccnc(-n3ccnc3)c2)C1. The van der Waals surface area contributed by atoms with Crippen molar-refractivity contribution in [3.63, 3.8) is 0 Å². The number of pyridine rings is 1. The Kier molecular flexibility index (Phi) is 4.20. The van der Waals surface area contributed by atoms with Gasteiger partial charge in [-0.15, -0.1) is 0 Å². The summed E-state index contributed by atoms with van der Waals surface area (Å²) in [4.78, 5) is 23.1. The molecule has 1 N–H and O–H groups in total. The Hall–Kier alpha value is -2.21. The normalized spacial score (nSPS) is 18.8. The number of nitrogens with one attached hydrogen (secondary N) is 1. The largest absolute Gasteiger partial charge is 0.348 e. The van der Waals surface area contributed by atoms with Crippen molar-refractivity contribution in [2.24, 2.45) is 0 Å². The van der Waals surface area contributed by atoms with Gasteiger partial charge in [0.2, 0.25) is 0 Å². The lowest BCUT2D eigenvalue weighted by Crippen LogP contribution is -2.38. The molecule has 0 radical (unpaired) electrons. The van der Waals surface area contributed by atoms with Gasteiger partial charge in [-0.1, -0.05) is 0 Å². The first-order valence-corrected chi connectivity index (χ1v) is 7.63. The minimum Gasteiger partial charge on any atom is -0.348 e. The monoisotopic (exact) mass is 299 g/mol. The van der Waals surface area contributed by atoms with E-state index >= 15 is 0 Å². The molecule has 1 saturated heterocycles. The lowest BCUT2D eigenvalue weighted by Gasteiger charge is -2.20. The van der Waals surface area contributed by atoms with Crippen molar-refractivity contribution in [2.45, 2.75) is 32.4 Å². The second-order valence-corrected chi connectivity index (χ2v) is 5.92. The third-order valence-electron chi connectivity index (χ3n) is 4.06. The number of aromatic nitrogens is 3. The van der Waals surface area contributed by atoms with Crippen LogP contribution in [0.15, 0.2) is 37.1 Å². The van der Waals surface area contributed by atoms with E-state index < -0.39 is 0 Å². The van der Waals surface area contributed by atoms with E-state index in [1.807, 2.05) is 6.20 Å². The highest BCUT2D eigenvalue weighted by Crippen LogP contribution is 2.13. The van der Waals surface area contributed by atoms with Crippen LogP contribution in [-0.4, -0.2) is 50.5 Å². The first-order chi connectivity index (χ1) is 10.6. The van der Waals surface area contributed by atoms with E-state index in [4.69, 9.17) is 0 Å². The van der Waals surface area contributed by atoms with Gasteiger partial charge in [0.1, 0.15) is 12.1 Å². The van der Waals surface area contributed by atoms with Crippen LogP contribution in [0.5, 0.6) is 0 Å². The first-order valence-electron chi connectivity index (χ1n) is 7.63. The summed E-state index contributed by atoms with van der Waals surface area (Å²) >= 11 is 0. The molecule has 1 amide bonds. The molecule has 0 bridgehead atoms. The maximum atomic E-state index is 12.4. The average Bonchev–Trinajstić information content (AvgIpc) is 3.19. The zero-order chi connectivity index (χ0) is 15.5. The smallest absolute Gasteiger partial charge is 0.251 e. The number of likely N-dealkylation sites (tertiary alicyclic amines) is 1. The van der Waals surface area contributed by atoms with Crippen molar-refractivity contribution in [1.82, 2.24) is 24.8 Å². The Morgan fingerprint density at radius 1 is 1.41 bits per heavy atom. The van der Waals surface area contributed by atoms with E-state index in [9.17, 15) is 4.79 Å². The molecule has 22 heavy (non-hydrogen) atoms. The van der Waals surface area contributed by atoms with Crippen LogP contribution in [0.3, 0.4) is 0 Å². The molecule has 0 saturated carbocycles. The van der Waals surface area contributed by atoms with Gasteiger partial charge in [-0.25, -0.2) is 9.97 Å². The molecular weight excluding hydrogens is 278 g/mol. The zero-order valence-corrected chi connectivity index (χ0v) is 12.9. The van der Waals surface area contributed by atoms with Crippen LogP contribution in [-0.2, 0) is 0 Å². The van der Waals surface area contributed by atoms with Crippen molar-refractivity contribution < 1.29 is 4.79 Å². The summed E-state index contributed by atoms with van der Waals surface area (Å²) in [6, 6.07) is 4.27. The Morgan fingerprint density at radius 3 is 2.95 bits per heavy atom. The number of carbonyl (C=O) groups excluding carboxylic acids is 1. The highest BCUT2D eigenvalue weighted by atomic mass is 16.1. The molecule has 6 heteroatoms. The molecule has 3 heterocycles. The van der Waals surface area contributed by atoms with E-state index in [1.165, 1.54) is 0 Å². The molecule has 1 aliphatic heterocycles. The van der Waals surface area contributed by atoms with Gasteiger partial charge in [0.25, 0.3) is 5.91 Å². The highest BCUT2D eigenvalue weighted by molar-refractivity contribution is 5.94. The van der Waals surface area contributed by atoms with E-state index in [-0.39, 0.29) is 11.9 Å². The van der Waals surface area contributed by atoms with E-state index in [0.717, 1.165) is 19.5 Å². The summed E-state index contributed by atoms with van der Waals surface area (Å²) < 4.78 is 1.78. The topological polar surface area (TPSA) is 63.1 Å². The lowest BCUT2D eigenvalue weighted by atomic mass is 10.2. The Bertz CT molecular complexity index is 638. The van der Waals surface area contributed by atoms with Crippen LogP contribution in [0.4, 0.5) is 0 Å². The predicted octanol–water partition coefficient (Wildman–Crippen LogP) is 1.48. The number of hydrogen-bond donors (Lipinski definition) is 1. The fourth-order valence-corrected chi connectivity index (χ4v) is 2.74. The van der Waals surface area contributed by atoms with Crippen molar-refractivity contribution in [1.29, 1.82) is 0 Å². The predicted molar refractivity (Wildman–Crippen MR) is 83.9 cm³/mol. The van der Waals surface area contributed by atoms with Crippen LogP contribution in [0.1, 0.15) is 30.6 Å². The highest BCUT2D eigenvalue weighted by Gasteiger charge is 2.25. The lowest BCUT2D eigenvalue weighted by molar-refractivity contribution is 0.0936. The van der Waals surface area contributed by atoms with Crippen molar-refractivity contribution in [3.8, 4) is 5.82 Å². The van der Waals surface area contributed by atoms with Crippen LogP contribution in [0.25, 0.3) is 5.82 Å². The molecule has 6 nitrogen and oxygen atoms in total. The number of carbonyl (C=O) groups is 1. The Morgan fingerprint density at radius 2 is 2.27 bits per heavy atom. The molecule has 0 unspecified atom stereocenters. The zero-order valence-electron chi connectivity index (χ0n) is 12.9. The minimum atomic E-state index is -0.0422. The van der Waals surface area contributed by atoms with Crippen LogP contribution in [0, 0.1) is 0 Å². The third kappa shape index (κ3) is 3.17. The summed E-state index contributed by atoms with van der Waals surface area (Å²) in [5, 5.41) is 3.12. The standard InChI is InChI=1S/C16H21N5O/c1-12(2)20-7-4-14(10-20)19-16(22)13-3-5-18-15(9-13)21-8-6-17-11-21/h3,5-6,8-9,11-12,14H,4,7,10H2,1-2H3,(H,19,22)/t14-/m0/s1. The van der Waals surface area contributed by atoms with E-state index in [1.54, 1.807) is 35.4 Å². The van der Waals surface area contributed by atoms with Gasteiger partial charge >= 0.3 is 0 Å². The van der Waals surface area contributed by atoms with E-state index in [2.05, 4.69) is 34.0 Å². The van der Waals surface area contributed by atoms with E-state index in [0.29, 0.717) is 17.4 Å². The third-order valence-corrected chi connectivity index (χ3v) is 4.06. The van der Waals surface area contributed by atoms with Crippen molar-refractivity contribution in [2.75, 3.05) is 13.1 Å². The fourth-order valence-electron chi connectivity index (χ4n) is 2.74. The van der Waals surface area contributed by atoms with Gasteiger partial charge in [-0.3, -0.25) is 14.3 Å². The molecule has 2 aromatic heterocycles. The van der Waals surface area contributed by atoms with Gasteiger partial charge in [0, 0.05) is 49.3 Å². The number of imidazole rings is 1. The maximum absolute atomic E-state index is 12.4. The quantitative estimate of drug-likeness (QED) is 0.929. The summed E-state index contributed by atoms with van der Waals surface area (Å²) in [5.74, 6) is 0.653.